The first-order valence-corrected chi connectivity index (χ1v) is 9.94. The molecule has 1 amide bonds. The number of Topliss-reactive ketones (excluding diaryl/α,β-unsaturated/α-hetero) is 2. The van der Waals surface area contributed by atoms with Crippen LogP contribution in [0.2, 0.25) is 0 Å². The molecule has 1 aromatic rings. The highest BCUT2D eigenvalue weighted by Gasteiger charge is 2.61. The van der Waals surface area contributed by atoms with Gasteiger partial charge in [0.2, 0.25) is 11.4 Å². The molecule has 4 atom stereocenters. The van der Waals surface area contributed by atoms with Crippen LogP contribution in [0, 0.1) is 19.8 Å². The molecule has 7 nitrogen and oxygen atoms in total. The molecule has 3 rings (SSSR count). The van der Waals surface area contributed by atoms with Gasteiger partial charge in [-0.25, -0.2) is 0 Å². The van der Waals surface area contributed by atoms with Crippen LogP contribution >= 0.6 is 0 Å². The second kappa shape index (κ2) is 6.76. The summed E-state index contributed by atoms with van der Waals surface area (Å²) in [6.45, 7) is 10.3. The lowest BCUT2D eigenvalue weighted by molar-refractivity contribution is -0.144. The van der Waals surface area contributed by atoms with E-state index in [-0.39, 0.29) is 34.7 Å². The van der Waals surface area contributed by atoms with Crippen LogP contribution in [0.3, 0.4) is 0 Å². The summed E-state index contributed by atoms with van der Waals surface area (Å²) >= 11 is 0. The van der Waals surface area contributed by atoms with Gasteiger partial charge in [-0.3, -0.25) is 19.2 Å². The van der Waals surface area contributed by atoms with Crippen molar-refractivity contribution < 1.29 is 23.9 Å². The van der Waals surface area contributed by atoms with Gasteiger partial charge in [-0.1, -0.05) is 27.2 Å². The topological polar surface area (TPSA) is 114 Å². The van der Waals surface area contributed by atoms with E-state index in [2.05, 4.69) is 5.32 Å². The Morgan fingerprint density at radius 3 is 2.38 bits per heavy atom. The Hall–Kier alpha value is -2.54. The number of aliphatic hydroxyl groups is 1. The SMILES string of the molecule is CC[C@H](C)[C@H]1NC(=O)[C@](O)(C2=Cc3c(oc(C)c(C)c3=O)[C@@](C)(CC)C2=O)C1=O. The summed E-state index contributed by atoms with van der Waals surface area (Å²) < 4.78 is 5.83. The quantitative estimate of drug-likeness (QED) is 0.743. The molecule has 0 radical (unpaired) electrons. The lowest BCUT2D eigenvalue weighted by Crippen LogP contribution is -2.52. The van der Waals surface area contributed by atoms with E-state index in [0.717, 1.165) is 0 Å². The lowest BCUT2D eigenvalue weighted by Gasteiger charge is -2.35. The Labute approximate surface area is 169 Å². The molecule has 1 aromatic heterocycles. The van der Waals surface area contributed by atoms with Crippen molar-refractivity contribution in [3.63, 3.8) is 0 Å². The number of ketones is 2. The Balaban J connectivity index is 2.29. The molecule has 0 saturated carbocycles. The van der Waals surface area contributed by atoms with E-state index in [9.17, 15) is 24.3 Å². The smallest absolute Gasteiger partial charge is 0.265 e. The molecule has 2 aliphatic rings. The van der Waals surface area contributed by atoms with Crippen molar-refractivity contribution in [3.8, 4) is 0 Å². The Kier molecular flexibility index (Phi) is 4.94. The highest BCUT2D eigenvalue weighted by molar-refractivity contribution is 6.28. The van der Waals surface area contributed by atoms with Crippen LogP contribution in [0.5, 0.6) is 0 Å². The van der Waals surface area contributed by atoms with Crippen LogP contribution in [-0.4, -0.2) is 34.2 Å². The summed E-state index contributed by atoms with van der Waals surface area (Å²) in [6, 6.07) is -0.892. The Bertz CT molecular complexity index is 1020. The van der Waals surface area contributed by atoms with Crippen LogP contribution in [-0.2, 0) is 19.8 Å². The van der Waals surface area contributed by atoms with Gasteiger partial charge in [-0.05, 0) is 39.2 Å². The molecule has 1 fully saturated rings. The molecule has 2 heterocycles. The van der Waals surface area contributed by atoms with E-state index in [4.69, 9.17) is 4.42 Å². The molecule has 156 valence electrons. The van der Waals surface area contributed by atoms with Crippen LogP contribution < -0.4 is 10.7 Å². The van der Waals surface area contributed by atoms with Gasteiger partial charge in [0.25, 0.3) is 5.91 Å². The van der Waals surface area contributed by atoms with Crippen LogP contribution in [0.25, 0.3) is 6.08 Å². The summed E-state index contributed by atoms with van der Waals surface area (Å²) in [5.41, 5.74) is -4.13. The second-order valence-electron chi connectivity index (χ2n) is 8.34. The minimum absolute atomic E-state index is 0.105. The maximum Gasteiger partial charge on any atom is 0.265 e. The van der Waals surface area contributed by atoms with E-state index >= 15 is 0 Å². The molecule has 7 heteroatoms. The third kappa shape index (κ3) is 2.67. The van der Waals surface area contributed by atoms with Gasteiger partial charge in [0.1, 0.15) is 11.5 Å². The maximum absolute atomic E-state index is 13.5. The third-order valence-corrected chi connectivity index (χ3v) is 6.71. The zero-order valence-corrected chi connectivity index (χ0v) is 17.6. The van der Waals surface area contributed by atoms with Crippen LogP contribution in [0.15, 0.2) is 14.8 Å². The van der Waals surface area contributed by atoms with Crippen molar-refractivity contribution in [2.24, 2.45) is 5.92 Å². The molecular formula is C22H27NO6. The van der Waals surface area contributed by atoms with Crippen LogP contribution in [0.1, 0.15) is 63.2 Å². The Morgan fingerprint density at radius 1 is 1.21 bits per heavy atom. The zero-order valence-electron chi connectivity index (χ0n) is 17.6. The number of carbonyl (C=O) groups is 3. The normalized spacial score (nSPS) is 30.1. The fourth-order valence-corrected chi connectivity index (χ4v) is 4.03. The highest BCUT2D eigenvalue weighted by atomic mass is 16.3. The van der Waals surface area contributed by atoms with Gasteiger partial charge in [-0.15, -0.1) is 0 Å². The van der Waals surface area contributed by atoms with Crippen molar-refractivity contribution in [1.29, 1.82) is 0 Å². The Morgan fingerprint density at radius 2 is 1.83 bits per heavy atom. The summed E-state index contributed by atoms with van der Waals surface area (Å²) in [5, 5.41) is 13.8. The number of amides is 1. The zero-order chi connectivity index (χ0) is 21.9. The number of hydrogen-bond donors (Lipinski definition) is 2. The summed E-state index contributed by atoms with van der Waals surface area (Å²) in [7, 11) is 0. The fourth-order valence-electron chi connectivity index (χ4n) is 4.03. The minimum atomic E-state index is -2.62. The predicted octanol–water partition coefficient (Wildman–Crippen LogP) is 1.74. The number of rotatable bonds is 4. The maximum atomic E-state index is 13.5. The minimum Gasteiger partial charge on any atom is -0.464 e. The largest absolute Gasteiger partial charge is 0.464 e. The lowest BCUT2D eigenvalue weighted by atomic mass is 9.67. The second-order valence-corrected chi connectivity index (χ2v) is 8.34. The van der Waals surface area contributed by atoms with E-state index in [1.807, 2.05) is 6.92 Å². The van der Waals surface area contributed by atoms with Crippen molar-refractivity contribution in [2.45, 2.75) is 71.4 Å². The number of fused-ring (bicyclic) bond motifs is 1. The van der Waals surface area contributed by atoms with E-state index < -0.39 is 34.5 Å². The standard InChI is InChI=1S/C22H27NO6/c1-7-10(3)15-18(26)22(28,20(27)23-15)14-9-13-16(24)11(4)12(5)29-19(13)21(6,8-2)17(14)25/h9-10,15,28H,7-8H2,1-6H3,(H,23,27)/t10-,15+,21-,22-/m0/s1. The summed E-state index contributed by atoms with van der Waals surface area (Å²) in [6.07, 6.45) is 2.05. The van der Waals surface area contributed by atoms with E-state index in [1.165, 1.54) is 6.08 Å². The molecule has 2 N–H and O–H groups in total. The highest BCUT2D eigenvalue weighted by Crippen LogP contribution is 2.43. The number of carbonyl (C=O) groups excluding carboxylic acids is 3. The first-order chi connectivity index (χ1) is 13.4. The molecule has 1 aliphatic heterocycles. The molecule has 0 unspecified atom stereocenters. The molecular weight excluding hydrogens is 374 g/mol. The van der Waals surface area contributed by atoms with E-state index in [1.54, 1.807) is 34.6 Å². The van der Waals surface area contributed by atoms with Crippen molar-refractivity contribution in [2.75, 3.05) is 0 Å². The summed E-state index contributed by atoms with van der Waals surface area (Å²) in [4.78, 5) is 52.2. The van der Waals surface area contributed by atoms with E-state index in [0.29, 0.717) is 17.7 Å². The van der Waals surface area contributed by atoms with Crippen molar-refractivity contribution in [3.05, 3.63) is 38.4 Å². The average molecular weight is 401 g/mol. The van der Waals surface area contributed by atoms with Gasteiger partial charge < -0.3 is 14.8 Å². The third-order valence-electron chi connectivity index (χ3n) is 6.71. The molecule has 0 bridgehead atoms. The monoisotopic (exact) mass is 401 g/mol. The van der Waals surface area contributed by atoms with Crippen molar-refractivity contribution in [1.82, 2.24) is 5.32 Å². The number of aryl methyl sites for hydroxylation is 1. The summed E-state index contributed by atoms with van der Waals surface area (Å²) in [5.74, 6) is -1.87. The predicted molar refractivity (Wildman–Crippen MR) is 106 cm³/mol. The first-order valence-electron chi connectivity index (χ1n) is 9.94. The van der Waals surface area contributed by atoms with Gasteiger partial charge in [0.05, 0.1) is 17.0 Å². The molecule has 1 saturated heterocycles. The van der Waals surface area contributed by atoms with Gasteiger partial charge >= 0.3 is 0 Å². The first kappa shape index (κ1) is 21.2. The molecule has 29 heavy (non-hydrogen) atoms. The molecule has 1 aliphatic carbocycles. The molecule has 0 aromatic carbocycles. The number of nitrogens with one attached hydrogen (secondary N) is 1. The number of hydrogen-bond acceptors (Lipinski definition) is 6. The van der Waals surface area contributed by atoms with Crippen molar-refractivity contribution >= 4 is 23.5 Å². The van der Waals surface area contributed by atoms with Crippen LogP contribution in [0.4, 0.5) is 0 Å². The fraction of sp³-hybridized carbons (Fsp3) is 0.545. The molecule has 0 spiro atoms. The van der Waals surface area contributed by atoms with Gasteiger partial charge in [-0.2, -0.15) is 0 Å². The average Bonchev–Trinajstić information content (AvgIpc) is 2.93. The van der Waals surface area contributed by atoms with Gasteiger partial charge in [0, 0.05) is 11.1 Å². The van der Waals surface area contributed by atoms with Gasteiger partial charge in [0.15, 0.2) is 11.2 Å².